The molecule has 3 rings (SSSR count). The lowest BCUT2D eigenvalue weighted by atomic mass is 10.2. The Kier molecular flexibility index (Phi) is 5.88. The largest absolute Gasteiger partial charge is 0.320 e. The number of hydrogen-bond donors (Lipinski definition) is 2. The molecule has 0 radical (unpaired) electrons. The number of benzene rings is 1. The van der Waals surface area contributed by atoms with Crippen LogP contribution in [-0.2, 0) is 4.79 Å². The van der Waals surface area contributed by atoms with Gasteiger partial charge in [0.2, 0.25) is 0 Å². The number of non-ortho nitro benzene ring substituents is 1. The standard InChI is InChI=1S/C18H20ClN5O3/c1-13(18(25)21-16-6-5-14(24(26)27)12-15(16)19)22-8-10-23(11-9-22)17-4-2-3-7-20-17/h2-7,12-13H,8-11H2,1H3,(H,21,25)/p+2/t13-/m1/s1. The molecule has 0 saturated carbocycles. The van der Waals surface area contributed by atoms with E-state index in [1.54, 1.807) is 0 Å². The number of nitro benzene ring substituents is 1. The van der Waals surface area contributed by atoms with Crippen LogP contribution >= 0.6 is 11.6 Å². The summed E-state index contributed by atoms with van der Waals surface area (Å²) >= 11 is 6.06. The van der Waals surface area contributed by atoms with Crippen molar-refractivity contribution in [2.45, 2.75) is 13.0 Å². The normalized spacial score (nSPS) is 16.0. The fourth-order valence-corrected chi connectivity index (χ4v) is 3.42. The smallest absolute Gasteiger partial charge is 0.282 e. The lowest BCUT2D eigenvalue weighted by molar-refractivity contribution is -0.914. The molecule has 1 aromatic heterocycles. The van der Waals surface area contributed by atoms with Crippen LogP contribution in [0.2, 0.25) is 5.02 Å². The summed E-state index contributed by atoms with van der Waals surface area (Å²) in [6.07, 6.45) is 1.90. The monoisotopic (exact) mass is 391 g/mol. The van der Waals surface area contributed by atoms with Gasteiger partial charge in [0.1, 0.15) is 26.2 Å². The Hall–Kier alpha value is -2.71. The summed E-state index contributed by atoms with van der Waals surface area (Å²) in [6.45, 7) is 5.27. The molecule has 0 aliphatic carbocycles. The average molecular weight is 392 g/mol. The molecule has 2 aromatic rings. The quantitative estimate of drug-likeness (QED) is 0.582. The number of rotatable bonds is 5. The number of quaternary nitrogens is 1. The summed E-state index contributed by atoms with van der Waals surface area (Å²) in [5, 5.41) is 13.7. The number of hydrogen-bond acceptors (Lipinski definition) is 4. The van der Waals surface area contributed by atoms with Gasteiger partial charge in [0, 0.05) is 18.2 Å². The van der Waals surface area contributed by atoms with Gasteiger partial charge in [-0.2, -0.15) is 0 Å². The highest BCUT2D eigenvalue weighted by molar-refractivity contribution is 6.34. The molecule has 3 N–H and O–H groups in total. The van der Waals surface area contributed by atoms with E-state index in [0.29, 0.717) is 5.69 Å². The first-order chi connectivity index (χ1) is 13.0. The Morgan fingerprint density at radius 1 is 1.33 bits per heavy atom. The number of amides is 1. The van der Waals surface area contributed by atoms with Gasteiger partial charge in [0.05, 0.1) is 21.8 Å². The molecule has 0 spiro atoms. The van der Waals surface area contributed by atoms with Crippen molar-refractivity contribution in [3.63, 3.8) is 0 Å². The average Bonchev–Trinajstić information content (AvgIpc) is 2.69. The summed E-state index contributed by atoms with van der Waals surface area (Å²) in [7, 11) is 0. The van der Waals surface area contributed by atoms with E-state index < -0.39 is 4.92 Å². The second kappa shape index (κ2) is 8.32. The fourth-order valence-electron chi connectivity index (χ4n) is 3.19. The number of aromatic nitrogens is 1. The van der Waals surface area contributed by atoms with Crippen LogP contribution < -0.4 is 20.1 Å². The van der Waals surface area contributed by atoms with Gasteiger partial charge in [-0.05, 0) is 19.1 Å². The van der Waals surface area contributed by atoms with Crippen LogP contribution in [0.4, 0.5) is 17.2 Å². The van der Waals surface area contributed by atoms with Crippen molar-refractivity contribution in [3.8, 4) is 0 Å². The maximum atomic E-state index is 12.6. The number of piperazine rings is 1. The minimum Gasteiger partial charge on any atom is -0.320 e. The molecule has 1 saturated heterocycles. The van der Waals surface area contributed by atoms with Crippen molar-refractivity contribution < 1.29 is 19.6 Å². The van der Waals surface area contributed by atoms with Gasteiger partial charge in [-0.25, -0.2) is 4.98 Å². The van der Waals surface area contributed by atoms with Crippen LogP contribution in [0.3, 0.4) is 0 Å². The van der Waals surface area contributed by atoms with Crippen molar-refractivity contribution >= 4 is 34.7 Å². The minimum atomic E-state index is -0.520. The third kappa shape index (κ3) is 4.53. The molecule has 1 aromatic carbocycles. The van der Waals surface area contributed by atoms with Crippen molar-refractivity contribution in [2.24, 2.45) is 0 Å². The van der Waals surface area contributed by atoms with Gasteiger partial charge >= 0.3 is 0 Å². The first-order valence-electron chi connectivity index (χ1n) is 8.77. The lowest BCUT2D eigenvalue weighted by Crippen LogP contribution is -3.19. The molecule has 8 nitrogen and oxygen atoms in total. The third-order valence-electron chi connectivity index (χ3n) is 4.87. The Bertz CT molecular complexity index is 825. The van der Waals surface area contributed by atoms with Crippen LogP contribution in [-0.4, -0.2) is 43.1 Å². The number of nitro groups is 1. The summed E-state index contributed by atoms with van der Waals surface area (Å²) in [6, 6.07) is 9.76. The minimum absolute atomic E-state index is 0.106. The molecule has 27 heavy (non-hydrogen) atoms. The van der Waals surface area contributed by atoms with Crippen LogP contribution in [0.1, 0.15) is 6.92 Å². The third-order valence-corrected chi connectivity index (χ3v) is 5.18. The van der Waals surface area contributed by atoms with Crippen molar-refractivity contribution in [1.29, 1.82) is 0 Å². The summed E-state index contributed by atoms with van der Waals surface area (Å²) < 4.78 is 0. The highest BCUT2D eigenvalue weighted by Gasteiger charge is 2.32. The number of halogens is 1. The summed E-state index contributed by atoms with van der Waals surface area (Å²) in [5.74, 6) is 0.923. The summed E-state index contributed by atoms with van der Waals surface area (Å²) in [4.78, 5) is 29.5. The van der Waals surface area contributed by atoms with E-state index in [1.807, 2.05) is 31.3 Å². The van der Waals surface area contributed by atoms with Crippen molar-refractivity contribution in [1.82, 2.24) is 0 Å². The lowest BCUT2D eigenvalue weighted by Gasteiger charge is -2.31. The van der Waals surface area contributed by atoms with Gasteiger partial charge < -0.3 is 10.2 Å². The molecule has 1 fully saturated rings. The SMILES string of the molecule is C[C@H](C(=O)Nc1ccc([N+](=O)[O-])cc1Cl)[NH+]1CCN(c2cccc[nH+]2)CC1. The van der Waals surface area contributed by atoms with Gasteiger partial charge in [-0.3, -0.25) is 19.8 Å². The number of nitrogens with one attached hydrogen (secondary N) is 3. The molecule has 0 bridgehead atoms. The van der Waals surface area contributed by atoms with Gasteiger partial charge in [-0.1, -0.05) is 17.7 Å². The van der Waals surface area contributed by atoms with Crippen LogP contribution in [0, 0.1) is 10.1 Å². The Morgan fingerprint density at radius 3 is 2.67 bits per heavy atom. The second-order valence-corrected chi connectivity index (χ2v) is 6.93. The van der Waals surface area contributed by atoms with Crippen LogP contribution in [0.5, 0.6) is 0 Å². The number of anilines is 2. The number of aromatic amines is 1. The highest BCUT2D eigenvalue weighted by Crippen LogP contribution is 2.26. The van der Waals surface area contributed by atoms with E-state index in [9.17, 15) is 14.9 Å². The fraction of sp³-hybridized carbons (Fsp3) is 0.333. The molecular formula is C18H22ClN5O3+2. The first kappa shape index (κ1) is 19.1. The van der Waals surface area contributed by atoms with Gasteiger partial charge in [0.25, 0.3) is 17.4 Å². The zero-order chi connectivity index (χ0) is 19.4. The Morgan fingerprint density at radius 2 is 2.07 bits per heavy atom. The number of carbonyl (C=O) groups excluding carboxylic acids is 1. The molecule has 1 aliphatic heterocycles. The zero-order valence-electron chi connectivity index (χ0n) is 14.9. The Labute approximate surface area is 161 Å². The highest BCUT2D eigenvalue weighted by atomic mass is 35.5. The molecule has 142 valence electrons. The van der Waals surface area contributed by atoms with Crippen LogP contribution in [0.15, 0.2) is 42.6 Å². The number of nitrogens with zero attached hydrogens (tertiary/aromatic N) is 2. The zero-order valence-corrected chi connectivity index (χ0v) is 15.7. The molecule has 1 aliphatic rings. The molecule has 9 heteroatoms. The van der Waals surface area contributed by atoms with Crippen molar-refractivity contribution in [3.05, 3.63) is 57.7 Å². The van der Waals surface area contributed by atoms with Crippen LogP contribution in [0.25, 0.3) is 0 Å². The second-order valence-electron chi connectivity index (χ2n) is 6.53. The van der Waals surface area contributed by atoms with E-state index >= 15 is 0 Å². The van der Waals surface area contributed by atoms with Crippen molar-refractivity contribution in [2.75, 3.05) is 36.4 Å². The topological polar surface area (TPSA) is 94.1 Å². The maximum absolute atomic E-state index is 12.6. The van der Waals surface area contributed by atoms with E-state index in [1.165, 1.54) is 23.1 Å². The van der Waals surface area contributed by atoms with Gasteiger partial charge in [0.15, 0.2) is 6.04 Å². The molecule has 1 amide bonds. The van der Waals surface area contributed by atoms with Gasteiger partial charge in [-0.15, -0.1) is 0 Å². The maximum Gasteiger partial charge on any atom is 0.282 e. The number of H-pyrrole nitrogens is 1. The molecule has 1 atom stereocenters. The Balaban J connectivity index is 1.57. The number of pyridine rings is 1. The first-order valence-corrected chi connectivity index (χ1v) is 9.14. The predicted molar refractivity (Wildman–Crippen MR) is 102 cm³/mol. The van der Waals surface area contributed by atoms with E-state index in [0.717, 1.165) is 32.0 Å². The van der Waals surface area contributed by atoms with E-state index in [4.69, 9.17) is 11.6 Å². The molecule has 2 heterocycles. The summed E-state index contributed by atoms with van der Waals surface area (Å²) in [5.41, 5.74) is 0.279. The van der Waals surface area contributed by atoms with E-state index in [-0.39, 0.29) is 22.7 Å². The molecular weight excluding hydrogens is 370 g/mol. The number of carbonyl (C=O) groups is 1. The predicted octanol–water partition coefficient (Wildman–Crippen LogP) is 0.794. The van der Waals surface area contributed by atoms with E-state index in [2.05, 4.69) is 15.2 Å². The molecule has 0 unspecified atom stereocenters.